The fourth-order valence-corrected chi connectivity index (χ4v) is 4.64. The van der Waals surface area contributed by atoms with E-state index < -0.39 is 0 Å². The number of methoxy groups -OCH3 is 1. The molecule has 3 aromatic heterocycles. The van der Waals surface area contributed by atoms with E-state index in [2.05, 4.69) is 52.8 Å². The minimum Gasteiger partial charge on any atom is -0.467 e. The second-order valence-corrected chi connectivity index (χ2v) is 8.96. The van der Waals surface area contributed by atoms with Crippen LogP contribution in [-0.2, 0) is 13.0 Å². The van der Waals surface area contributed by atoms with Crippen molar-refractivity contribution in [1.82, 2.24) is 24.8 Å². The van der Waals surface area contributed by atoms with Gasteiger partial charge in [0.15, 0.2) is 5.82 Å². The summed E-state index contributed by atoms with van der Waals surface area (Å²) in [6.45, 7) is 5.00. The average molecular weight is 520 g/mol. The van der Waals surface area contributed by atoms with Crippen molar-refractivity contribution in [2.45, 2.75) is 45.2 Å². The molecule has 0 aromatic carbocycles. The molecule has 0 bridgehead atoms. The first kappa shape index (κ1) is 19.5. The van der Waals surface area contributed by atoms with Crippen LogP contribution in [0.1, 0.15) is 47.1 Å². The number of furan rings is 1. The Hall–Kier alpha value is -2.50. The summed E-state index contributed by atoms with van der Waals surface area (Å²) in [4.78, 5) is 32.8. The summed E-state index contributed by atoms with van der Waals surface area (Å²) < 4.78 is 13.1. The first-order chi connectivity index (χ1) is 14.4. The zero-order valence-electron chi connectivity index (χ0n) is 17.0. The average Bonchev–Trinajstić information content (AvgIpc) is 3.42. The Kier molecular flexibility index (Phi) is 4.56. The van der Waals surface area contributed by atoms with Crippen LogP contribution in [0.5, 0.6) is 6.01 Å². The number of carbonyl (C=O) groups excluding carboxylic acids is 1. The van der Waals surface area contributed by atoms with Crippen molar-refractivity contribution >= 4 is 45.7 Å². The molecule has 0 radical (unpaired) electrons. The summed E-state index contributed by atoms with van der Waals surface area (Å²) in [5.41, 5.74) is 2.87. The van der Waals surface area contributed by atoms with Crippen molar-refractivity contribution in [1.29, 1.82) is 0 Å². The highest BCUT2D eigenvalue weighted by molar-refractivity contribution is 14.1. The van der Waals surface area contributed by atoms with Crippen LogP contribution in [0.2, 0.25) is 0 Å². The lowest BCUT2D eigenvalue weighted by Crippen LogP contribution is -2.37. The smallest absolute Gasteiger partial charge is 0.316 e. The van der Waals surface area contributed by atoms with E-state index in [-0.39, 0.29) is 11.4 Å². The molecule has 1 aliphatic carbocycles. The van der Waals surface area contributed by atoms with Crippen molar-refractivity contribution in [3.8, 4) is 6.01 Å². The Morgan fingerprint density at radius 3 is 2.87 bits per heavy atom. The number of halogens is 1. The van der Waals surface area contributed by atoms with Gasteiger partial charge in [-0.05, 0) is 26.7 Å². The van der Waals surface area contributed by atoms with Gasteiger partial charge in [0.1, 0.15) is 12.1 Å². The molecule has 5 rings (SSSR count). The minimum atomic E-state index is -0.0884. The lowest BCUT2D eigenvalue weighted by atomic mass is 10.0. The Balaban J connectivity index is 1.53. The Morgan fingerprint density at radius 1 is 1.33 bits per heavy atom. The van der Waals surface area contributed by atoms with Gasteiger partial charge in [-0.1, -0.05) is 0 Å². The van der Waals surface area contributed by atoms with Gasteiger partial charge in [0, 0.05) is 36.8 Å². The van der Waals surface area contributed by atoms with Crippen molar-refractivity contribution < 1.29 is 13.9 Å². The van der Waals surface area contributed by atoms with Crippen LogP contribution in [0.25, 0.3) is 11.1 Å². The molecule has 1 fully saturated rings. The molecule has 9 nitrogen and oxygen atoms in total. The van der Waals surface area contributed by atoms with Gasteiger partial charge < -0.3 is 14.1 Å². The maximum Gasteiger partial charge on any atom is 0.316 e. The van der Waals surface area contributed by atoms with Gasteiger partial charge in [-0.15, -0.1) is 0 Å². The molecule has 4 heterocycles. The molecule has 3 aromatic rings. The molecule has 0 N–H and O–H groups in total. The molecule has 156 valence electrons. The van der Waals surface area contributed by atoms with Gasteiger partial charge in [-0.25, -0.2) is 15.0 Å². The number of aromatic nitrogens is 4. The summed E-state index contributed by atoms with van der Waals surface area (Å²) in [7, 11) is 1.55. The van der Waals surface area contributed by atoms with Crippen molar-refractivity contribution in [3.63, 3.8) is 0 Å². The van der Waals surface area contributed by atoms with Crippen LogP contribution >= 0.6 is 22.9 Å². The molecule has 10 heteroatoms. The number of carbonyl (C=O) groups is 1. The highest BCUT2D eigenvalue weighted by Gasteiger charge is 2.44. The summed E-state index contributed by atoms with van der Waals surface area (Å²) in [5, 5.41) is 0.680. The van der Waals surface area contributed by atoms with Gasteiger partial charge in [-0.3, -0.25) is 7.91 Å². The Bertz CT molecular complexity index is 1160. The molecule has 1 saturated carbocycles. The standard InChI is InChI=1S/C20H21IN6O3/c1-11-14(15-16(23-10-24-17(15)30-11)27(21)20(2)5-6-20)18(28)26-7-4-13-12(9-26)8-22-19(25-13)29-3/h8,10H,4-7,9H2,1-3H3. The zero-order valence-corrected chi connectivity index (χ0v) is 19.1. The highest BCUT2D eigenvalue weighted by atomic mass is 127. The van der Waals surface area contributed by atoms with Gasteiger partial charge in [0.25, 0.3) is 5.91 Å². The van der Waals surface area contributed by atoms with Gasteiger partial charge in [0.05, 0.1) is 46.6 Å². The number of anilines is 1. The third-order valence-corrected chi connectivity index (χ3v) is 7.49. The van der Waals surface area contributed by atoms with E-state index in [0.717, 1.165) is 29.9 Å². The highest BCUT2D eigenvalue weighted by Crippen LogP contribution is 2.47. The third kappa shape index (κ3) is 3.08. The maximum atomic E-state index is 13.6. The number of hydrogen-bond acceptors (Lipinski definition) is 8. The van der Waals surface area contributed by atoms with Crippen LogP contribution in [0.4, 0.5) is 5.82 Å². The Labute approximate surface area is 187 Å². The quantitative estimate of drug-likeness (QED) is 0.382. The molecule has 0 unspecified atom stereocenters. The van der Waals surface area contributed by atoms with Gasteiger partial charge >= 0.3 is 6.01 Å². The molecule has 30 heavy (non-hydrogen) atoms. The predicted molar refractivity (Wildman–Crippen MR) is 118 cm³/mol. The molecular formula is C20H21IN6O3. The molecule has 0 saturated heterocycles. The SMILES string of the molecule is COc1ncc2c(n1)CCN(C(=O)c1c(C)oc3ncnc(N(I)C4(C)CC4)c13)C2. The number of aryl methyl sites for hydroxylation is 1. The van der Waals surface area contributed by atoms with Crippen LogP contribution < -0.4 is 7.85 Å². The van der Waals surface area contributed by atoms with Crippen molar-refractivity contribution in [2.24, 2.45) is 0 Å². The van der Waals surface area contributed by atoms with E-state index in [1.54, 1.807) is 20.2 Å². The fraction of sp³-hybridized carbons (Fsp3) is 0.450. The largest absolute Gasteiger partial charge is 0.467 e. The van der Waals surface area contributed by atoms with E-state index >= 15 is 0 Å². The minimum absolute atomic E-state index is 0.0494. The molecule has 2 aliphatic rings. The third-order valence-electron chi connectivity index (χ3n) is 5.87. The predicted octanol–water partition coefficient (Wildman–Crippen LogP) is 3.24. The summed E-state index contributed by atoms with van der Waals surface area (Å²) in [6.07, 6.45) is 6.06. The van der Waals surface area contributed by atoms with E-state index in [9.17, 15) is 4.79 Å². The number of fused-ring (bicyclic) bond motifs is 2. The second-order valence-electron chi connectivity index (χ2n) is 7.99. The molecule has 0 spiro atoms. The summed E-state index contributed by atoms with van der Waals surface area (Å²) >= 11 is 2.28. The first-order valence-corrected chi connectivity index (χ1v) is 10.8. The fourth-order valence-electron chi connectivity index (χ4n) is 3.80. The van der Waals surface area contributed by atoms with Crippen molar-refractivity contribution in [2.75, 3.05) is 16.8 Å². The summed E-state index contributed by atoms with van der Waals surface area (Å²) in [5.74, 6) is 1.19. The van der Waals surface area contributed by atoms with Crippen molar-refractivity contribution in [3.05, 3.63) is 35.1 Å². The molecular weight excluding hydrogens is 499 g/mol. The van der Waals surface area contributed by atoms with Crippen LogP contribution in [0.15, 0.2) is 16.9 Å². The van der Waals surface area contributed by atoms with Crippen LogP contribution in [0.3, 0.4) is 0 Å². The number of nitrogens with zero attached hydrogens (tertiary/aromatic N) is 6. The number of rotatable bonds is 4. The molecule has 0 atom stereocenters. The monoisotopic (exact) mass is 520 g/mol. The zero-order chi connectivity index (χ0) is 21.0. The topological polar surface area (TPSA) is 97.5 Å². The first-order valence-electron chi connectivity index (χ1n) is 9.79. The van der Waals surface area contributed by atoms with E-state index in [4.69, 9.17) is 9.15 Å². The summed E-state index contributed by atoms with van der Waals surface area (Å²) in [6, 6.07) is 0.350. The van der Waals surface area contributed by atoms with E-state index in [0.29, 0.717) is 47.9 Å². The van der Waals surface area contributed by atoms with E-state index in [1.807, 2.05) is 4.90 Å². The lowest BCUT2D eigenvalue weighted by molar-refractivity contribution is 0.0733. The molecule has 1 aliphatic heterocycles. The lowest BCUT2D eigenvalue weighted by Gasteiger charge is -2.28. The molecule has 1 amide bonds. The van der Waals surface area contributed by atoms with Crippen LogP contribution in [-0.4, -0.2) is 49.9 Å². The van der Waals surface area contributed by atoms with Gasteiger partial charge in [0.2, 0.25) is 5.71 Å². The van der Waals surface area contributed by atoms with Crippen LogP contribution in [0, 0.1) is 6.92 Å². The number of hydrogen-bond donors (Lipinski definition) is 0. The Morgan fingerprint density at radius 2 is 2.13 bits per heavy atom. The second kappa shape index (κ2) is 7.03. The normalized spacial score (nSPS) is 17.0. The van der Waals surface area contributed by atoms with Gasteiger partial charge in [-0.2, -0.15) is 4.98 Å². The number of ether oxygens (including phenoxy) is 1. The van der Waals surface area contributed by atoms with E-state index in [1.165, 1.54) is 6.33 Å². The number of amides is 1. The maximum absolute atomic E-state index is 13.6.